The van der Waals surface area contributed by atoms with Crippen molar-refractivity contribution in [3.05, 3.63) is 29.8 Å². The van der Waals surface area contributed by atoms with Crippen LogP contribution < -0.4 is 10.0 Å². The lowest BCUT2D eigenvalue weighted by atomic mass is 9.81. The molecular weight excluding hydrogens is 270 g/mol. The molecule has 3 aliphatic rings. The van der Waals surface area contributed by atoms with Crippen LogP contribution in [0.5, 0.6) is 0 Å². The Hall–Kier alpha value is -2.17. The van der Waals surface area contributed by atoms with Crippen molar-refractivity contribution >= 4 is 23.5 Å². The molecule has 3 fully saturated rings. The number of carbonyl (C=O) groups is 3. The fourth-order valence-corrected chi connectivity index (χ4v) is 4.44. The summed E-state index contributed by atoms with van der Waals surface area (Å²) >= 11 is 0. The van der Waals surface area contributed by atoms with Crippen molar-refractivity contribution in [1.29, 1.82) is 0 Å². The average Bonchev–Trinajstić information content (AvgIpc) is 3.13. The first kappa shape index (κ1) is 12.6. The number of anilines is 1. The van der Waals surface area contributed by atoms with Gasteiger partial charge in [-0.15, -0.1) is 0 Å². The highest BCUT2D eigenvalue weighted by Gasteiger charge is 2.61. The highest BCUT2D eigenvalue weighted by Crippen LogP contribution is 2.56. The topological polar surface area (TPSA) is 77.5 Å². The van der Waals surface area contributed by atoms with Gasteiger partial charge in [-0.05, 0) is 48.8 Å². The van der Waals surface area contributed by atoms with E-state index in [2.05, 4.69) is 0 Å². The summed E-state index contributed by atoms with van der Waals surface area (Å²) in [6.07, 6.45) is 3.04. The zero-order valence-electron chi connectivity index (χ0n) is 11.3. The number of carboxylic acid groups (broad SMARTS) is 1. The number of nitrogens with zero attached hydrogens (tertiary/aromatic N) is 1. The van der Waals surface area contributed by atoms with Crippen LogP contribution in [0.4, 0.5) is 5.69 Å². The molecule has 0 aromatic heterocycles. The summed E-state index contributed by atoms with van der Waals surface area (Å²) in [7, 11) is 0. The number of carbonyl (C=O) groups excluding carboxylic acids is 3. The maximum absolute atomic E-state index is 12.6. The molecule has 4 rings (SSSR count). The summed E-state index contributed by atoms with van der Waals surface area (Å²) in [5.41, 5.74) is 0.327. The third-order valence-electron chi connectivity index (χ3n) is 5.27. The molecule has 2 amide bonds. The Bertz CT molecular complexity index is 640. The Morgan fingerprint density at radius 3 is 2.29 bits per heavy atom. The highest BCUT2D eigenvalue weighted by molar-refractivity contribution is 6.22. The molecule has 0 spiro atoms. The van der Waals surface area contributed by atoms with Gasteiger partial charge in [-0.1, -0.05) is 12.1 Å². The van der Waals surface area contributed by atoms with Crippen LogP contribution in [0.1, 0.15) is 29.6 Å². The Morgan fingerprint density at radius 1 is 1.10 bits per heavy atom. The molecule has 2 aliphatic carbocycles. The largest absolute Gasteiger partial charge is 0.545 e. The van der Waals surface area contributed by atoms with Gasteiger partial charge in [0.25, 0.3) is 0 Å². The minimum atomic E-state index is -1.31. The van der Waals surface area contributed by atoms with E-state index in [0.29, 0.717) is 17.5 Å². The predicted molar refractivity (Wildman–Crippen MR) is 71.1 cm³/mol. The second-order valence-corrected chi connectivity index (χ2v) is 6.23. The first-order valence-electron chi connectivity index (χ1n) is 7.27. The highest BCUT2D eigenvalue weighted by atomic mass is 16.4. The van der Waals surface area contributed by atoms with Gasteiger partial charge < -0.3 is 9.90 Å². The van der Waals surface area contributed by atoms with E-state index in [1.54, 1.807) is 6.07 Å². The van der Waals surface area contributed by atoms with Crippen molar-refractivity contribution in [3.63, 3.8) is 0 Å². The first-order chi connectivity index (χ1) is 10.1. The van der Waals surface area contributed by atoms with Gasteiger partial charge in [-0.25, -0.2) is 0 Å². The summed E-state index contributed by atoms with van der Waals surface area (Å²) in [5, 5.41) is 10.9. The van der Waals surface area contributed by atoms with Crippen LogP contribution in [0.3, 0.4) is 0 Å². The van der Waals surface area contributed by atoms with Crippen molar-refractivity contribution < 1.29 is 19.5 Å². The molecule has 1 aromatic carbocycles. The predicted octanol–water partition coefficient (Wildman–Crippen LogP) is 0.586. The van der Waals surface area contributed by atoms with Gasteiger partial charge in [-0.2, -0.15) is 0 Å². The summed E-state index contributed by atoms with van der Waals surface area (Å²) in [6.45, 7) is 0. The maximum Gasteiger partial charge on any atom is 0.237 e. The van der Waals surface area contributed by atoms with Gasteiger partial charge >= 0.3 is 0 Å². The molecule has 4 atom stereocenters. The molecule has 21 heavy (non-hydrogen) atoms. The third kappa shape index (κ3) is 1.60. The van der Waals surface area contributed by atoms with E-state index < -0.39 is 5.97 Å². The van der Waals surface area contributed by atoms with E-state index >= 15 is 0 Å². The van der Waals surface area contributed by atoms with Crippen LogP contribution in [0.2, 0.25) is 0 Å². The van der Waals surface area contributed by atoms with Gasteiger partial charge in [0.1, 0.15) is 0 Å². The minimum Gasteiger partial charge on any atom is -0.545 e. The van der Waals surface area contributed by atoms with Crippen molar-refractivity contribution in [1.82, 2.24) is 0 Å². The smallest absolute Gasteiger partial charge is 0.237 e. The Kier molecular flexibility index (Phi) is 2.49. The quantitative estimate of drug-likeness (QED) is 0.744. The lowest BCUT2D eigenvalue weighted by Gasteiger charge is -2.19. The number of hydrogen-bond donors (Lipinski definition) is 0. The minimum absolute atomic E-state index is 0.0202. The van der Waals surface area contributed by atoms with Crippen LogP contribution in [0.15, 0.2) is 24.3 Å². The molecule has 2 bridgehead atoms. The van der Waals surface area contributed by atoms with E-state index in [9.17, 15) is 19.5 Å². The Labute approximate surface area is 121 Å². The number of imide groups is 1. The van der Waals surface area contributed by atoms with E-state index in [4.69, 9.17) is 0 Å². The van der Waals surface area contributed by atoms with Gasteiger partial charge in [0.2, 0.25) is 11.8 Å². The summed E-state index contributed by atoms with van der Waals surface area (Å²) in [5.74, 6) is -1.36. The number of rotatable bonds is 2. The molecule has 108 valence electrons. The maximum atomic E-state index is 12.6. The zero-order valence-corrected chi connectivity index (χ0v) is 11.3. The van der Waals surface area contributed by atoms with E-state index in [0.717, 1.165) is 19.3 Å². The van der Waals surface area contributed by atoms with Crippen molar-refractivity contribution in [2.24, 2.45) is 23.7 Å². The fraction of sp³-hybridized carbons (Fsp3) is 0.438. The average molecular weight is 284 g/mol. The van der Waals surface area contributed by atoms with Crippen LogP contribution in [-0.2, 0) is 9.59 Å². The van der Waals surface area contributed by atoms with Gasteiger partial charge in [-0.3, -0.25) is 14.5 Å². The number of amides is 2. The molecule has 2 saturated carbocycles. The molecule has 0 radical (unpaired) electrons. The fourth-order valence-electron chi connectivity index (χ4n) is 4.44. The molecule has 1 aromatic rings. The number of carboxylic acids is 1. The molecule has 5 nitrogen and oxygen atoms in total. The Balaban J connectivity index is 1.73. The lowest BCUT2D eigenvalue weighted by molar-refractivity contribution is -0.255. The van der Waals surface area contributed by atoms with Crippen molar-refractivity contribution in [2.45, 2.75) is 19.3 Å². The zero-order chi connectivity index (χ0) is 14.7. The molecule has 0 N–H and O–H groups in total. The molecule has 1 heterocycles. The van der Waals surface area contributed by atoms with Gasteiger partial charge in [0.05, 0.1) is 23.5 Å². The van der Waals surface area contributed by atoms with Crippen molar-refractivity contribution in [2.75, 3.05) is 4.90 Å². The number of benzene rings is 1. The molecule has 1 saturated heterocycles. The van der Waals surface area contributed by atoms with Crippen molar-refractivity contribution in [3.8, 4) is 0 Å². The van der Waals surface area contributed by atoms with Crippen LogP contribution in [-0.4, -0.2) is 17.8 Å². The summed E-state index contributed by atoms with van der Waals surface area (Å²) in [6, 6.07) is 5.87. The molecular formula is C16H14NO4-. The van der Waals surface area contributed by atoms with Crippen LogP contribution in [0, 0.1) is 23.7 Å². The standard InChI is InChI=1S/C16H15NO4/c18-14-12-8-4-5-9(6-8)13(12)15(19)17(14)11-3-1-2-10(7-11)16(20)21/h1-3,7-9,12-13H,4-6H2,(H,20,21)/p-1/t8-,9-,12-,13-/m0/s1. The normalized spacial score (nSPS) is 33.6. The molecule has 1 aliphatic heterocycles. The molecule has 5 heteroatoms. The number of aromatic carboxylic acids is 1. The van der Waals surface area contributed by atoms with Crippen LogP contribution in [0.25, 0.3) is 0 Å². The number of fused-ring (bicyclic) bond motifs is 5. The van der Waals surface area contributed by atoms with Crippen LogP contribution >= 0.6 is 0 Å². The summed E-state index contributed by atoms with van der Waals surface area (Å²) < 4.78 is 0. The SMILES string of the molecule is O=C([O-])c1cccc(N2C(=O)[C@H]3[C@H]4CC[C@@H](C4)[C@@H]3C2=O)c1. The molecule has 0 unspecified atom stereocenters. The second-order valence-electron chi connectivity index (χ2n) is 6.23. The van der Waals surface area contributed by atoms with Gasteiger partial charge in [0, 0.05) is 0 Å². The van der Waals surface area contributed by atoms with Gasteiger partial charge in [0.15, 0.2) is 0 Å². The first-order valence-corrected chi connectivity index (χ1v) is 7.27. The van der Waals surface area contributed by atoms with E-state index in [1.165, 1.54) is 23.1 Å². The lowest BCUT2D eigenvalue weighted by Crippen LogP contribution is -2.33. The Morgan fingerprint density at radius 2 is 1.71 bits per heavy atom. The van der Waals surface area contributed by atoms with E-state index in [1.807, 2.05) is 0 Å². The third-order valence-corrected chi connectivity index (χ3v) is 5.27. The second kappa shape index (κ2) is 4.16. The number of hydrogen-bond acceptors (Lipinski definition) is 4. The summed E-state index contributed by atoms with van der Waals surface area (Å²) in [4.78, 5) is 37.4. The monoisotopic (exact) mass is 284 g/mol. The van der Waals surface area contributed by atoms with E-state index in [-0.39, 0.29) is 29.2 Å².